The monoisotopic (exact) mass is 305 g/mol. The third-order valence-corrected chi connectivity index (χ3v) is 3.52. The summed E-state index contributed by atoms with van der Waals surface area (Å²) in [5.74, 6) is 0.325. The number of nitro groups is 1. The Balaban J connectivity index is 2.27. The minimum Gasteiger partial charge on any atom is -0.481 e. The van der Waals surface area contributed by atoms with E-state index in [-0.39, 0.29) is 5.69 Å². The number of aromatic nitrogens is 1. The molecule has 0 radical (unpaired) electrons. The zero-order valence-electron chi connectivity index (χ0n) is 12.2. The molecule has 3 aromatic rings. The van der Waals surface area contributed by atoms with Crippen molar-refractivity contribution in [1.29, 1.82) is 5.26 Å². The van der Waals surface area contributed by atoms with E-state index in [1.54, 1.807) is 42.5 Å². The highest BCUT2D eigenvalue weighted by Gasteiger charge is 2.16. The van der Waals surface area contributed by atoms with Crippen LogP contribution in [0.1, 0.15) is 5.56 Å². The van der Waals surface area contributed by atoms with Crippen LogP contribution in [0, 0.1) is 21.4 Å². The van der Waals surface area contributed by atoms with Crippen molar-refractivity contribution in [3.63, 3.8) is 0 Å². The van der Waals surface area contributed by atoms with E-state index in [2.05, 4.69) is 4.98 Å². The topological polar surface area (TPSA) is 89.0 Å². The molecule has 0 unspecified atom stereocenters. The number of hydrogen-bond acceptors (Lipinski definition) is 5. The van der Waals surface area contributed by atoms with Gasteiger partial charge in [0.15, 0.2) is 0 Å². The van der Waals surface area contributed by atoms with E-state index in [4.69, 9.17) is 10.00 Å². The lowest BCUT2D eigenvalue weighted by molar-refractivity contribution is -0.383. The van der Waals surface area contributed by atoms with E-state index in [0.717, 1.165) is 5.56 Å². The molecule has 0 saturated heterocycles. The zero-order valence-corrected chi connectivity index (χ0v) is 12.2. The van der Waals surface area contributed by atoms with E-state index in [1.807, 2.05) is 6.07 Å². The summed E-state index contributed by atoms with van der Waals surface area (Å²) in [5, 5.41) is 21.2. The lowest BCUT2D eigenvalue weighted by Crippen LogP contribution is -1.95. The molecule has 0 atom stereocenters. The van der Waals surface area contributed by atoms with Crippen molar-refractivity contribution >= 4 is 16.5 Å². The molecule has 3 rings (SSSR count). The summed E-state index contributed by atoms with van der Waals surface area (Å²) < 4.78 is 5.28. The van der Waals surface area contributed by atoms with Crippen LogP contribution in [0.25, 0.3) is 22.0 Å². The molecule has 0 N–H and O–H groups in total. The van der Waals surface area contributed by atoms with Gasteiger partial charge in [-0.1, -0.05) is 18.2 Å². The molecule has 112 valence electrons. The van der Waals surface area contributed by atoms with E-state index < -0.39 is 4.92 Å². The number of nitrogens with zero attached hydrogens (tertiary/aromatic N) is 3. The van der Waals surface area contributed by atoms with Crippen LogP contribution < -0.4 is 4.74 Å². The van der Waals surface area contributed by atoms with Gasteiger partial charge in [-0.2, -0.15) is 5.26 Å². The van der Waals surface area contributed by atoms with Crippen molar-refractivity contribution in [2.75, 3.05) is 7.11 Å². The van der Waals surface area contributed by atoms with Crippen LogP contribution in [-0.4, -0.2) is 17.0 Å². The number of rotatable bonds is 3. The van der Waals surface area contributed by atoms with Crippen molar-refractivity contribution in [1.82, 2.24) is 4.98 Å². The van der Waals surface area contributed by atoms with Crippen LogP contribution in [0.15, 0.2) is 48.5 Å². The summed E-state index contributed by atoms with van der Waals surface area (Å²) in [5.41, 5.74) is 1.83. The molecular weight excluding hydrogens is 294 g/mol. The van der Waals surface area contributed by atoms with Crippen LogP contribution in [0.4, 0.5) is 5.69 Å². The first-order valence-electron chi connectivity index (χ1n) is 6.76. The third-order valence-electron chi connectivity index (χ3n) is 3.52. The molecule has 0 aliphatic carbocycles. The molecule has 0 saturated carbocycles. The van der Waals surface area contributed by atoms with Gasteiger partial charge in [-0.25, -0.2) is 4.98 Å². The second-order valence-electron chi connectivity index (χ2n) is 4.84. The van der Waals surface area contributed by atoms with Crippen LogP contribution >= 0.6 is 0 Å². The van der Waals surface area contributed by atoms with Crippen LogP contribution in [0.5, 0.6) is 5.88 Å². The maximum absolute atomic E-state index is 11.3. The smallest absolute Gasteiger partial charge is 0.277 e. The van der Waals surface area contributed by atoms with Gasteiger partial charge in [0.2, 0.25) is 5.88 Å². The fraction of sp³-hybridized carbons (Fsp3) is 0.0588. The molecule has 1 aromatic heterocycles. The van der Waals surface area contributed by atoms with Gasteiger partial charge in [0.05, 0.1) is 40.1 Å². The first kappa shape index (κ1) is 14.5. The van der Waals surface area contributed by atoms with Gasteiger partial charge in [0, 0.05) is 11.6 Å². The van der Waals surface area contributed by atoms with E-state index in [9.17, 15) is 10.1 Å². The summed E-state index contributed by atoms with van der Waals surface area (Å²) >= 11 is 0. The first-order valence-corrected chi connectivity index (χ1v) is 6.76. The first-order chi connectivity index (χ1) is 11.1. The molecule has 0 fully saturated rings. The Bertz CT molecular complexity index is 944. The van der Waals surface area contributed by atoms with Crippen LogP contribution in [0.3, 0.4) is 0 Å². The molecule has 0 aliphatic heterocycles. The van der Waals surface area contributed by atoms with Crippen molar-refractivity contribution < 1.29 is 9.66 Å². The van der Waals surface area contributed by atoms with Gasteiger partial charge < -0.3 is 4.74 Å². The molecule has 23 heavy (non-hydrogen) atoms. The highest BCUT2D eigenvalue weighted by molar-refractivity contribution is 5.96. The Morgan fingerprint density at radius 1 is 1.17 bits per heavy atom. The second-order valence-corrected chi connectivity index (χ2v) is 4.84. The van der Waals surface area contributed by atoms with Crippen molar-refractivity contribution in [2.24, 2.45) is 0 Å². The minimum absolute atomic E-state index is 0.00176. The highest BCUT2D eigenvalue weighted by Crippen LogP contribution is 2.34. The largest absolute Gasteiger partial charge is 0.481 e. The Labute approximate surface area is 131 Å². The summed E-state index contributed by atoms with van der Waals surface area (Å²) in [4.78, 5) is 15.2. The number of hydrogen-bond donors (Lipinski definition) is 0. The fourth-order valence-electron chi connectivity index (χ4n) is 2.41. The standard InChI is InChI=1S/C17H11N3O3/c1-23-17-13-3-2-4-16(20(21)22)14(13)9-15(19-17)12-7-5-11(10-18)6-8-12/h2-9H,1H3. The van der Waals surface area contributed by atoms with Gasteiger partial charge in [0.25, 0.3) is 5.69 Å². The second kappa shape index (κ2) is 5.73. The zero-order chi connectivity index (χ0) is 16.4. The third kappa shape index (κ3) is 2.56. The van der Waals surface area contributed by atoms with Crippen molar-refractivity contribution in [2.45, 2.75) is 0 Å². The van der Waals surface area contributed by atoms with E-state index >= 15 is 0 Å². The Kier molecular flexibility index (Phi) is 3.61. The average Bonchev–Trinajstić information content (AvgIpc) is 2.60. The van der Waals surface area contributed by atoms with Crippen molar-refractivity contribution in [3.05, 3.63) is 64.2 Å². The molecule has 6 nitrogen and oxygen atoms in total. The minimum atomic E-state index is -0.426. The highest BCUT2D eigenvalue weighted by atomic mass is 16.6. The van der Waals surface area contributed by atoms with Gasteiger partial charge in [-0.3, -0.25) is 10.1 Å². The molecule has 0 spiro atoms. The number of ether oxygens (including phenoxy) is 1. The summed E-state index contributed by atoms with van der Waals surface area (Å²) in [6.45, 7) is 0. The Hall–Kier alpha value is -3.46. The molecule has 1 heterocycles. The summed E-state index contributed by atoms with van der Waals surface area (Å²) in [6, 6.07) is 15.3. The Morgan fingerprint density at radius 3 is 2.52 bits per heavy atom. The number of fused-ring (bicyclic) bond motifs is 1. The van der Waals surface area contributed by atoms with Crippen molar-refractivity contribution in [3.8, 4) is 23.2 Å². The Morgan fingerprint density at radius 2 is 1.91 bits per heavy atom. The molecule has 0 aliphatic rings. The quantitative estimate of drug-likeness (QED) is 0.544. The molecule has 2 aromatic carbocycles. The maximum atomic E-state index is 11.3. The lowest BCUT2D eigenvalue weighted by Gasteiger charge is -2.09. The number of non-ortho nitro benzene ring substituents is 1. The SMILES string of the molecule is COc1nc(-c2ccc(C#N)cc2)cc2c([N+](=O)[O-])cccc12. The average molecular weight is 305 g/mol. The number of benzene rings is 2. The fourth-order valence-corrected chi connectivity index (χ4v) is 2.41. The lowest BCUT2D eigenvalue weighted by atomic mass is 10.0. The van der Waals surface area contributed by atoms with Gasteiger partial charge in [-0.15, -0.1) is 0 Å². The van der Waals surface area contributed by atoms with E-state index in [0.29, 0.717) is 27.9 Å². The van der Waals surface area contributed by atoms with Gasteiger partial charge >= 0.3 is 0 Å². The van der Waals surface area contributed by atoms with Gasteiger partial charge in [-0.05, 0) is 24.3 Å². The predicted octanol–water partition coefficient (Wildman–Crippen LogP) is 3.69. The normalized spacial score (nSPS) is 10.3. The van der Waals surface area contributed by atoms with Gasteiger partial charge in [0.1, 0.15) is 0 Å². The predicted molar refractivity (Wildman–Crippen MR) is 85.1 cm³/mol. The number of nitriles is 1. The number of methoxy groups -OCH3 is 1. The number of nitro benzene ring substituents is 1. The van der Waals surface area contributed by atoms with Crippen LogP contribution in [0.2, 0.25) is 0 Å². The molecule has 0 bridgehead atoms. The molecular formula is C17H11N3O3. The summed E-state index contributed by atoms with van der Waals surface area (Å²) in [7, 11) is 1.48. The maximum Gasteiger partial charge on any atom is 0.277 e. The molecule has 0 amide bonds. The van der Waals surface area contributed by atoms with Crippen LogP contribution in [-0.2, 0) is 0 Å². The van der Waals surface area contributed by atoms with E-state index in [1.165, 1.54) is 13.2 Å². The molecule has 6 heteroatoms. The summed E-state index contributed by atoms with van der Waals surface area (Å²) in [6.07, 6.45) is 0. The number of pyridine rings is 1.